The number of amides is 3. The summed E-state index contributed by atoms with van der Waals surface area (Å²) in [7, 11) is 1.84. The molecule has 0 aromatic carbocycles. The van der Waals surface area contributed by atoms with Gasteiger partial charge < -0.3 is 30.5 Å². The molecule has 0 spiro atoms. The lowest BCUT2D eigenvalue weighted by molar-refractivity contribution is -0.697. The predicted octanol–water partition coefficient (Wildman–Crippen LogP) is 0.383. The largest absolute Gasteiger partial charge is 0.477 e. The van der Waals surface area contributed by atoms with E-state index in [1.54, 1.807) is 11.8 Å². The first kappa shape index (κ1) is 28.7. The summed E-state index contributed by atoms with van der Waals surface area (Å²) < 4.78 is 9.11. The Hall–Kier alpha value is -3.32. The van der Waals surface area contributed by atoms with Gasteiger partial charge >= 0.3 is 12.1 Å². The Balaban J connectivity index is 1.51. The summed E-state index contributed by atoms with van der Waals surface area (Å²) in [5, 5.41) is 20.0. The van der Waals surface area contributed by atoms with Crippen molar-refractivity contribution in [2.75, 3.05) is 13.2 Å². The van der Waals surface area contributed by atoms with Crippen LogP contribution >= 0.6 is 11.8 Å². The minimum Gasteiger partial charge on any atom is -0.477 e. The number of carbonyl (C=O) groups is 4. The number of imidazole rings is 1. The van der Waals surface area contributed by atoms with Crippen LogP contribution in [-0.4, -0.2) is 85.0 Å². The number of aliphatic carboxylic acids is 1. The number of aliphatic hydroxyl groups excluding tert-OH is 1. The molecule has 4 N–H and O–H groups in total. The van der Waals surface area contributed by atoms with Crippen molar-refractivity contribution in [3.05, 3.63) is 41.5 Å². The highest BCUT2D eigenvalue weighted by molar-refractivity contribution is 8.03. The van der Waals surface area contributed by atoms with Crippen LogP contribution in [0.2, 0.25) is 0 Å². The fraction of sp³-hybridized carbons (Fsp3) is 0.577. The van der Waals surface area contributed by atoms with Gasteiger partial charge in [0.2, 0.25) is 18.1 Å². The molecule has 0 aliphatic carbocycles. The van der Waals surface area contributed by atoms with Crippen molar-refractivity contribution in [1.29, 1.82) is 0 Å². The number of nitrogens with two attached hydrogens (primary N) is 1. The predicted molar refractivity (Wildman–Crippen MR) is 141 cm³/mol. The summed E-state index contributed by atoms with van der Waals surface area (Å²) in [6, 6.07) is -0.553. The van der Waals surface area contributed by atoms with E-state index in [1.807, 2.05) is 35.6 Å². The lowest BCUT2D eigenvalue weighted by Gasteiger charge is -2.46. The Kier molecular flexibility index (Phi) is 8.40. The number of carboxylic acid groups (broad SMARTS) is 1. The molecule has 13 heteroatoms. The molecule has 1 aromatic rings. The maximum absolute atomic E-state index is 12.9. The molecule has 4 heterocycles. The van der Waals surface area contributed by atoms with Gasteiger partial charge in [0.15, 0.2) is 5.69 Å². The number of aromatic nitrogens is 2. The van der Waals surface area contributed by atoms with Gasteiger partial charge in [-0.1, -0.05) is 19.6 Å². The molecule has 3 aliphatic rings. The average Bonchev–Trinajstić information content (AvgIpc) is 3.49. The SMILES string of the molecule is C=CCOC(=O)N1C[C@@H](SC2=C(C(=O)O)N3C(=O)[C@H]([C@@H](C)O)[C@H]3[C@H]2C)C[C@H]1CC[n+]1cc(CC(N)=O)n(C)c1. The number of ether oxygens (including phenoxy) is 1. The van der Waals surface area contributed by atoms with Gasteiger partial charge in [-0.25, -0.2) is 18.7 Å². The van der Waals surface area contributed by atoms with Crippen molar-refractivity contribution in [2.45, 2.75) is 63.1 Å². The molecule has 0 saturated carbocycles. The number of likely N-dealkylation sites (tertiary alicyclic amines) is 1. The lowest BCUT2D eigenvalue weighted by Crippen LogP contribution is -2.63. The molecule has 0 radical (unpaired) electrons. The zero-order valence-corrected chi connectivity index (χ0v) is 23.2. The van der Waals surface area contributed by atoms with E-state index in [2.05, 4.69) is 6.58 Å². The molecule has 3 amide bonds. The summed E-state index contributed by atoms with van der Waals surface area (Å²) in [6.07, 6.45) is 5.24. The number of carboxylic acids is 1. The van der Waals surface area contributed by atoms with E-state index in [0.717, 1.165) is 5.69 Å². The Morgan fingerprint density at radius 3 is 2.72 bits per heavy atom. The van der Waals surface area contributed by atoms with E-state index in [9.17, 15) is 29.4 Å². The Morgan fingerprint density at radius 1 is 1.38 bits per heavy atom. The van der Waals surface area contributed by atoms with Crippen LogP contribution in [0.25, 0.3) is 0 Å². The van der Waals surface area contributed by atoms with Crippen molar-refractivity contribution in [3.63, 3.8) is 0 Å². The van der Waals surface area contributed by atoms with Crippen molar-refractivity contribution in [3.8, 4) is 0 Å². The highest BCUT2D eigenvalue weighted by Gasteiger charge is 2.60. The van der Waals surface area contributed by atoms with Crippen LogP contribution in [0.3, 0.4) is 0 Å². The number of rotatable bonds is 11. The topological polar surface area (TPSA) is 159 Å². The van der Waals surface area contributed by atoms with E-state index >= 15 is 0 Å². The molecular formula is C26H36N5O7S+. The van der Waals surface area contributed by atoms with E-state index in [-0.39, 0.29) is 47.9 Å². The molecule has 12 nitrogen and oxygen atoms in total. The molecule has 4 rings (SSSR count). The van der Waals surface area contributed by atoms with E-state index in [1.165, 1.54) is 22.7 Å². The van der Waals surface area contributed by atoms with Gasteiger partial charge in [-0.3, -0.25) is 9.59 Å². The molecule has 1 aromatic heterocycles. The number of carbonyl (C=O) groups excluding carboxylic acids is 3. The summed E-state index contributed by atoms with van der Waals surface area (Å²) in [6.45, 7) is 8.05. The van der Waals surface area contributed by atoms with Crippen molar-refractivity contribution >= 4 is 35.6 Å². The van der Waals surface area contributed by atoms with Gasteiger partial charge in [0.05, 0.1) is 38.1 Å². The zero-order chi connectivity index (χ0) is 28.6. The summed E-state index contributed by atoms with van der Waals surface area (Å²) in [4.78, 5) is 52.7. The number of primary amides is 1. The minimum absolute atomic E-state index is 0.0227. The maximum Gasteiger partial charge on any atom is 0.410 e. The second-order valence-corrected chi connectivity index (χ2v) is 11.8. The van der Waals surface area contributed by atoms with E-state index < -0.39 is 30.0 Å². The second kappa shape index (κ2) is 11.4. The standard InChI is InChI=1S/C26H35N5O7S/c1-5-8-38-26(37)30-12-18(9-16(30)6-7-29-11-17(10-19(27)33)28(4)13-29)39-23-14(2)21-20(15(3)32)24(34)31(21)22(23)25(35)36/h5,11,13-16,18,20-21,32H,1,6-10,12H2,2-4H3,(H2-,27,33,35,36)/p+1/t14-,15-,16-,18+,20-,21-/m1/s1. The lowest BCUT2D eigenvalue weighted by atomic mass is 9.79. The third kappa shape index (κ3) is 5.55. The van der Waals surface area contributed by atoms with Gasteiger partial charge in [0, 0.05) is 35.1 Å². The van der Waals surface area contributed by atoms with Gasteiger partial charge in [0.1, 0.15) is 18.5 Å². The summed E-state index contributed by atoms with van der Waals surface area (Å²) in [5.41, 5.74) is 6.09. The smallest absolute Gasteiger partial charge is 0.410 e. The highest BCUT2D eigenvalue weighted by Crippen LogP contribution is 2.52. The van der Waals surface area contributed by atoms with Crippen LogP contribution in [0.5, 0.6) is 0 Å². The van der Waals surface area contributed by atoms with Crippen LogP contribution in [0.1, 0.15) is 32.4 Å². The van der Waals surface area contributed by atoms with Crippen LogP contribution in [0.15, 0.2) is 35.8 Å². The third-order valence-electron chi connectivity index (χ3n) is 7.71. The Labute approximate surface area is 231 Å². The van der Waals surface area contributed by atoms with E-state index in [4.69, 9.17) is 10.5 Å². The molecular weight excluding hydrogens is 526 g/mol. The minimum atomic E-state index is -1.17. The number of nitrogens with zero attached hydrogens (tertiary/aromatic N) is 4. The first-order valence-corrected chi connectivity index (χ1v) is 13.8. The molecule has 2 fully saturated rings. The molecule has 0 bridgehead atoms. The number of hydrogen-bond donors (Lipinski definition) is 3. The number of hydrogen-bond acceptors (Lipinski definition) is 7. The molecule has 6 atom stereocenters. The van der Waals surface area contributed by atoms with E-state index in [0.29, 0.717) is 30.8 Å². The molecule has 212 valence electrons. The first-order chi connectivity index (χ1) is 18.4. The number of thioether (sulfide) groups is 1. The fourth-order valence-corrected chi connectivity index (χ4v) is 7.47. The molecule has 0 unspecified atom stereocenters. The summed E-state index contributed by atoms with van der Waals surface area (Å²) >= 11 is 1.40. The maximum atomic E-state index is 12.9. The number of β-lactam (4-membered cyclic amide) rings is 1. The molecule has 3 aliphatic heterocycles. The quantitative estimate of drug-likeness (QED) is 0.198. The Morgan fingerprint density at radius 2 is 2.10 bits per heavy atom. The molecule has 39 heavy (non-hydrogen) atoms. The van der Waals surface area contributed by atoms with Crippen molar-refractivity contribution < 1.29 is 38.7 Å². The van der Waals surface area contributed by atoms with Gasteiger partial charge in [-0.15, -0.1) is 11.8 Å². The molecule has 2 saturated heterocycles. The summed E-state index contributed by atoms with van der Waals surface area (Å²) in [5.74, 6) is -2.84. The third-order valence-corrected chi connectivity index (χ3v) is 9.20. The van der Waals surface area contributed by atoms with Crippen LogP contribution in [0, 0.1) is 11.8 Å². The van der Waals surface area contributed by atoms with Crippen LogP contribution in [0.4, 0.5) is 4.79 Å². The van der Waals surface area contributed by atoms with Gasteiger partial charge in [0.25, 0.3) is 0 Å². The number of aryl methyl sites for hydroxylation is 2. The van der Waals surface area contributed by atoms with Crippen LogP contribution in [-0.2, 0) is 39.1 Å². The zero-order valence-electron chi connectivity index (χ0n) is 22.4. The Bertz CT molecular complexity index is 1210. The monoisotopic (exact) mass is 562 g/mol. The number of fused-ring (bicyclic) bond motifs is 1. The van der Waals surface area contributed by atoms with Crippen molar-refractivity contribution in [1.82, 2.24) is 14.4 Å². The van der Waals surface area contributed by atoms with Gasteiger partial charge in [-0.05, 0) is 13.3 Å². The first-order valence-electron chi connectivity index (χ1n) is 13.0. The van der Waals surface area contributed by atoms with Gasteiger partial charge in [-0.2, -0.15) is 0 Å². The fourth-order valence-electron chi connectivity index (χ4n) is 5.91. The second-order valence-electron chi connectivity index (χ2n) is 10.4. The number of aliphatic hydroxyl groups is 1. The highest BCUT2D eigenvalue weighted by atomic mass is 32.2. The average molecular weight is 563 g/mol. The van der Waals surface area contributed by atoms with Crippen LogP contribution < -0.4 is 10.3 Å². The van der Waals surface area contributed by atoms with Crippen molar-refractivity contribution in [2.24, 2.45) is 24.6 Å². The normalized spacial score (nSPS) is 26.9.